The molecule has 0 aliphatic rings. The van der Waals surface area contributed by atoms with Gasteiger partial charge < -0.3 is 4.74 Å². The van der Waals surface area contributed by atoms with Crippen LogP contribution in [0.4, 0.5) is 19.3 Å². The Bertz CT molecular complexity index is 576. The van der Waals surface area contributed by atoms with Crippen molar-refractivity contribution >= 4 is 21.6 Å². The molecule has 0 radical (unpaired) electrons. The fourth-order valence-corrected chi connectivity index (χ4v) is 1.97. The minimum atomic E-state index is -4.63. The van der Waals surface area contributed by atoms with E-state index in [0.717, 1.165) is 12.1 Å². The summed E-state index contributed by atoms with van der Waals surface area (Å²) in [6.45, 7) is 5.06. The summed E-state index contributed by atoms with van der Waals surface area (Å²) in [5.41, 5.74) is -0.435. The number of halogens is 2. The van der Waals surface area contributed by atoms with Gasteiger partial charge in [0.2, 0.25) is 9.84 Å². The summed E-state index contributed by atoms with van der Waals surface area (Å²) < 4.78 is 52.0. The quantitative estimate of drug-likeness (QED) is 0.931. The molecule has 0 unspecified atom stereocenters. The zero-order valence-electron chi connectivity index (χ0n) is 11.2. The smallest absolute Gasteiger partial charge is 0.412 e. The molecule has 20 heavy (non-hydrogen) atoms. The Morgan fingerprint density at radius 3 is 2.10 bits per heavy atom. The van der Waals surface area contributed by atoms with Crippen molar-refractivity contribution in [3.05, 3.63) is 24.3 Å². The lowest BCUT2D eigenvalue weighted by Gasteiger charge is -2.19. The van der Waals surface area contributed by atoms with Crippen molar-refractivity contribution in [2.24, 2.45) is 0 Å². The third-order valence-electron chi connectivity index (χ3n) is 2.06. The van der Waals surface area contributed by atoms with Crippen molar-refractivity contribution in [3.8, 4) is 0 Å². The van der Waals surface area contributed by atoms with E-state index in [1.54, 1.807) is 20.8 Å². The molecular weight excluding hydrogens is 292 g/mol. The van der Waals surface area contributed by atoms with Crippen molar-refractivity contribution in [2.75, 3.05) is 5.32 Å². The van der Waals surface area contributed by atoms with Crippen LogP contribution in [-0.2, 0) is 14.6 Å². The molecule has 0 aromatic heterocycles. The van der Waals surface area contributed by atoms with Crippen LogP contribution in [0.15, 0.2) is 29.2 Å². The van der Waals surface area contributed by atoms with E-state index in [9.17, 15) is 22.0 Å². The van der Waals surface area contributed by atoms with Crippen molar-refractivity contribution in [3.63, 3.8) is 0 Å². The Morgan fingerprint density at radius 2 is 1.70 bits per heavy atom. The first-order valence-corrected chi connectivity index (χ1v) is 7.19. The summed E-state index contributed by atoms with van der Waals surface area (Å²) in [6.07, 6.45) is -0.720. The summed E-state index contributed by atoms with van der Waals surface area (Å²) >= 11 is 0. The largest absolute Gasteiger partial charge is 0.444 e. The molecule has 112 valence electrons. The van der Waals surface area contributed by atoms with Gasteiger partial charge in [-0.25, -0.2) is 13.2 Å². The Hall–Kier alpha value is -1.70. The van der Waals surface area contributed by atoms with E-state index in [2.05, 4.69) is 5.32 Å². The molecule has 0 atom stereocenters. The van der Waals surface area contributed by atoms with Crippen LogP contribution in [0.2, 0.25) is 0 Å². The van der Waals surface area contributed by atoms with E-state index >= 15 is 0 Å². The molecule has 0 aliphatic heterocycles. The van der Waals surface area contributed by atoms with E-state index in [1.165, 1.54) is 12.1 Å². The molecular formula is C12H15F2NO4S. The third kappa shape index (κ3) is 4.44. The Balaban J connectivity index is 2.81. The van der Waals surface area contributed by atoms with E-state index < -0.39 is 32.2 Å². The van der Waals surface area contributed by atoms with Crippen LogP contribution in [-0.4, -0.2) is 25.9 Å². The first kappa shape index (κ1) is 16.4. The maximum atomic E-state index is 12.3. The normalized spacial score (nSPS) is 12.3. The second kappa shape index (κ2) is 5.74. The average Bonchev–Trinajstić information content (AvgIpc) is 2.26. The summed E-state index contributed by atoms with van der Waals surface area (Å²) in [7, 11) is -4.63. The van der Waals surface area contributed by atoms with Crippen LogP contribution in [0.25, 0.3) is 0 Å². The summed E-state index contributed by atoms with van der Waals surface area (Å²) in [4.78, 5) is 10.9. The van der Waals surface area contributed by atoms with Crippen molar-refractivity contribution in [1.29, 1.82) is 0 Å². The van der Waals surface area contributed by atoms with Crippen molar-refractivity contribution < 1.29 is 26.7 Å². The highest BCUT2D eigenvalue weighted by molar-refractivity contribution is 7.91. The summed E-state index contributed by atoms with van der Waals surface area (Å²) in [5, 5.41) is 2.36. The van der Waals surface area contributed by atoms with Gasteiger partial charge in [-0.2, -0.15) is 8.78 Å². The number of nitrogens with one attached hydrogen (secondary N) is 1. The van der Waals surface area contributed by atoms with Gasteiger partial charge in [0, 0.05) is 5.69 Å². The molecule has 0 saturated heterocycles. The molecule has 1 rings (SSSR count). The van der Waals surface area contributed by atoms with E-state index in [-0.39, 0.29) is 5.69 Å². The minimum Gasteiger partial charge on any atom is -0.444 e. The molecule has 0 fully saturated rings. The maximum Gasteiger partial charge on any atom is 0.412 e. The first-order valence-electron chi connectivity index (χ1n) is 5.64. The zero-order valence-corrected chi connectivity index (χ0v) is 12.0. The molecule has 1 aromatic carbocycles. The second-order valence-corrected chi connectivity index (χ2v) is 6.87. The number of benzene rings is 1. The van der Waals surface area contributed by atoms with Crippen molar-refractivity contribution in [2.45, 2.75) is 37.0 Å². The minimum absolute atomic E-state index is 0.243. The lowest BCUT2D eigenvalue weighted by Crippen LogP contribution is -2.27. The van der Waals surface area contributed by atoms with Gasteiger partial charge in [0.25, 0.3) is 0 Å². The number of rotatable bonds is 3. The molecule has 0 heterocycles. The number of hydrogen-bond donors (Lipinski definition) is 1. The monoisotopic (exact) mass is 307 g/mol. The Kier molecular flexibility index (Phi) is 4.69. The SMILES string of the molecule is CC(C)(C)OC(=O)Nc1ccc(S(=O)(=O)C(F)F)cc1. The van der Waals surface area contributed by atoms with Crippen molar-refractivity contribution in [1.82, 2.24) is 0 Å². The number of carbonyl (C=O) groups excluding carboxylic acids is 1. The van der Waals surface area contributed by atoms with E-state index in [4.69, 9.17) is 4.74 Å². The Morgan fingerprint density at radius 1 is 1.20 bits per heavy atom. The lowest BCUT2D eigenvalue weighted by atomic mass is 10.2. The van der Waals surface area contributed by atoms with Gasteiger partial charge in [-0.3, -0.25) is 5.32 Å². The van der Waals surface area contributed by atoms with Crippen LogP contribution in [0.3, 0.4) is 0 Å². The second-order valence-electron chi connectivity index (χ2n) is 4.96. The zero-order chi connectivity index (χ0) is 15.6. The van der Waals surface area contributed by atoms with Gasteiger partial charge in [0.15, 0.2) is 0 Å². The molecule has 1 aromatic rings. The first-order chi connectivity index (χ1) is 9.02. The molecule has 1 amide bonds. The summed E-state index contributed by atoms with van der Waals surface area (Å²) in [6, 6.07) is 4.40. The number of hydrogen-bond acceptors (Lipinski definition) is 4. The fourth-order valence-electron chi connectivity index (χ4n) is 1.25. The van der Waals surface area contributed by atoms with Gasteiger partial charge >= 0.3 is 11.9 Å². The summed E-state index contributed by atoms with van der Waals surface area (Å²) in [5.74, 6) is -3.48. The molecule has 1 N–H and O–H groups in total. The van der Waals surface area contributed by atoms with Crippen LogP contribution in [0, 0.1) is 0 Å². The highest BCUT2D eigenvalue weighted by Gasteiger charge is 2.26. The molecule has 0 spiro atoms. The van der Waals surface area contributed by atoms with Gasteiger partial charge in [-0.1, -0.05) is 0 Å². The van der Waals surface area contributed by atoms with E-state index in [0.29, 0.717) is 0 Å². The average molecular weight is 307 g/mol. The molecule has 0 saturated carbocycles. The number of sulfone groups is 1. The predicted octanol–water partition coefficient (Wildman–Crippen LogP) is 3.03. The number of amides is 1. The standard InChI is InChI=1S/C12H15F2NO4S/c1-12(2,3)19-11(16)15-8-4-6-9(7-5-8)20(17,18)10(13)14/h4-7,10H,1-3H3,(H,15,16). The predicted molar refractivity (Wildman–Crippen MR) is 69.5 cm³/mol. The molecule has 0 aliphatic carbocycles. The molecule has 0 bridgehead atoms. The maximum absolute atomic E-state index is 12.3. The van der Waals surface area contributed by atoms with Gasteiger partial charge in [-0.15, -0.1) is 0 Å². The molecule has 5 nitrogen and oxygen atoms in total. The number of ether oxygens (including phenoxy) is 1. The van der Waals surface area contributed by atoms with Crippen LogP contribution in [0.1, 0.15) is 20.8 Å². The topological polar surface area (TPSA) is 72.5 Å². The van der Waals surface area contributed by atoms with Crippen LogP contribution >= 0.6 is 0 Å². The number of carbonyl (C=O) groups is 1. The highest BCUT2D eigenvalue weighted by Crippen LogP contribution is 2.20. The van der Waals surface area contributed by atoms with Crippen LogP contribution in [0.5, 0.6) is 0 Å². The Labute approximate surface area is 115 Å². The lowest BCUT2D eigenvalue weighted by molar-refractivity contribution is 0.0636. The van der Waals surface area contributed by atoms with E-state index in [1.807, 2.05) is 0 Å². The van der Waals surface area contributed by atoms with Gasteiger partial charge in [-0.05, 0) is 45.0 Å². The van der Waals surface area contributed by atoms with Gasteiger partial charge in [0.05, 0.1) is 4.90 Å². The van der Waals surface area contributed by atoms with Gasteiger partial charge in [0.1, 0.15) is 5.60 Å². The number of alkyl halides is 2. The third-order valence-corrected chi connectivity index (χ3v) is 3.46. The fraction of sp³-hybridized carbons (Fsp3) is 0.417. The van der Waals surface area contributed by atoms with Crippen LogP contribution < -0.4 is 5.32 Å². The highest BCUT2D eigenvalue weighted by atomic mass is 32.2. The number of anilines is 1. The molecule has 8 heteroatoms.